The van der Waals surface area contributed by atoms with Crippen molar-refractivity contribution in [3.8, 4) is 5.88 Å². The number of methoxy groups -OCH3 is 1. The van der Waals surface area contributed by atoms with E-state index in [0.717, 1.165) is 13.0 Å². The zero-order valence-corrected chi connectivity index (χ0v) is 10.6. The first-order valence-corrected chi connectivity index (χ1v) is 6.32. The van der Waals surface area contributed by atoms with Crippen molar-refractivity contribution in [2.24, 2.45) is 0 Å². The lowest BCUT2D eigenvalue weighted by Gasteiger charge is -2.23. The second kappa shape index (κ2) is 6.35. The molecule has 2 heterocycles. The first-order valence-electron chi connectivity index (χ1n) is 6.32. The second-order valence-corrected chi connectivity index (χ2v) is 4.42. The van der Waals surface area contributed by atoms with Crippen LogP contribution in [0.25, 0.3) is 0 Å². The van der Waals surface area contributed by atoms with E-state index in [1.807, 2.05) is 0 Å². The molecule has 2 rings (SSSR count). The molecular weight excluding hydrogens is 230 g/mol. The fourth-order valence-electron chi connectivity index (χ4n) is 2.14. The van der Waals surface area contributed by atoms with Crippen LogP contribution in [0.3, 0.4) is 0 Å². The summed E-state index contributed by atoms with van der Waals surface area (Å²) in [6.45, 7) is 1.69. The monoisotopic (exact) mass is 249 g/mol. The van der Waals surface area contributed by atoms with Gasteiger partial charge in [-0.25, -0.2) is 4.98 Å². The van der Waals surface area contributed by atoms with Crippen LogP contribution in [0.15, 0.2) is 18.3 Å². The van der Waals surface area contributed by atoms with Gasteiger partial charge in [0.2, 0.25) is 5.88 Å². The number of hydrogen-bond acceptors (Lipinski definition) is 4. The quantitative estimate of drug-likeness (QED) is 0.834. The molecule has 5 heteroatoms. The summed E-state index contributed by atoms with van der Waals surface area (Å²) in [7, 11) is 1.52. The number of carbonyl (C=O) groups is 1. The third-order valence-corrected chi connectivity index (χ3v) is 3.13. The Kier molecular flexibility index (Phi) is 4.52. The lowest BCUT2D eigenvalue weighted by atomic mass is 10.1. The van der Waals surface area contributed by atoms with E-state index in [4.69, 9.17) is 4.74 Å². The van der Waals surface area contributed by atoms with E-state index in [1.54, 1.807) is 18.3 Å². The van der Waals surface area contributed by atoms with Crippen LogP contribution in [0.1, 0.15) is 29.6 Å². The van der Waals surface area contributed by atoms with Crippen LogP contribution in [0.4, 0.5) is 0 Å². The van der Waals surface area contributed by atoms with Crippen molar-refractivity contribution in [1.29, 1.82) is 0 Å². The van der Waals surface area contributed by atoms with Crippen molar-refractivity contribution < 1.29 is 9.53 Å². The fraction of sp³-hybridized carbons (Fsp3) is 0.538. The zero-order chi connectivity index (χ0) is 12.8. The van der Waals surface area contributed by atoms with Gasteiger partial charge in [-0.3, -0.25) is 4.79 Å². The van der Waals surface area contributed by atoms with Gasteiger partial charge in [-0.2, -0.15) is 0 Å². The Morgan fingerprint density at radius 1 is 1.61 bits per heavy atom. The van der Waals surface area contributed by atoms with Crippen molar-refractivity contribution in [2.45, 2.75) is 25.3 Å². The molecule has 18 heavy (non-hydrogen) atoms. The first kappa shape index (κ1) is 12.8. The van der Waals surface area contributed by atoms with Gasteiger partial charge in [0, 0.05) is 18.8 Å². The topological polar surface area (TPSA) is 63.2 Å². The predicted octanol–water partition coefficient (Wildman–Crippen LogP) is 0.962. The van der Waals surface area contributed by atoms with Crippen LogP contribution >= 0.6 is 0 Å². The standard InChI is InChI=1S/C13H19N3O2/c1-18-13-11(6-4-8-15-13)12(17)16-9-10-5-2-3-7-14-10/h4,6,8,10,14H,2-3,5,7,9H2,1H3,(H,16,17). The van der Waals surface area contributed by atoms with Crippen molar-refractivity contribution in [2.75, 3.05) is 20.2 Å². The Morgan fingerprint density at radius 2 is 2.50 bits per heavy atom. The van der Waals surface area contributed by atoms with E-state index in [9.17, 15) is 4.79 Å². The number of carbonyl (C=O) groups excluding carboxylic acids is 1. The molecule has 1 amide bonds. The number of piperidine rings is 1. The highest BCUT2D eigenvalue weighted by Gasteiger charge is 2.16. The minimum Gasteiger partial charge on any atom is -0.480 e. The van der Waals surface area contributed by atoms with Crippen molar-refractivity contribution in [3.63, 3.8) is 0 Å². The summed E-state index contributed by atoms with van der Waals surface area (Å²) in [6.07, 6.45) is 5.17. The molecule has 5 nitrogen and oxygen atoms in total. The van der Waals surface area contributed by atoms with Gasteiger partial charge in [0.1, 0.15) is 5.56 Å². The molecule has 1 aromatic rings. The zero-order valence-electron chi connectivity index (χ0n) is 10.6. The first-order chi connectivity index (χ1) is 8.81. The molecule has 1 saturated heterocycles. The third-order valence-electron chi connectivity index (χ3n) is 3.13. The number of amides is 1. The maximum absolute atomic E-state index is 12.0. The van der Waals surface area contributed by atoms with Crippen LogP contribution < -0.4 is 15.4 Å². The molecule has 1 aliphatic heterocycles. The average molecular weight is 249 g/mol. The molecule has 0 spiro atoms. The highest BCUT2D eigenvalue weighted by atomic mass is 16.5. The van der Waals surface area contributed by atoms with Crippen LogP contribution in [0.5, 0.6) is 5.88 Å². The minimum atomic E-state index is -0.132. The molecule has 1 atom stereocenters. The molecule has 0 bridgehead atoms. The molecule has 0 saturated carbocycles. The predicted molar refractivity (Wildman–Crippen MR) is 68.8 cm³/mol. The molecule has 2 N–H and O–H groups in total. The smallest absolute Gasteiger partial charge is 0.256 e. The summed E-state index contributed by atoms with van der Waals surface area (Å²) in [6, 6.07) is 3.83. The Balaban J connectivity index is 1.90. The van der Waals surface area contributed by atoms with Crippen molar-refractivity contribution >= 4 is 5.91 Å². The van der Waals surface area contributed by atoms with Crippen LogP contribution in [-0.2, 0) is 0 Å². The van der Waals surface area contributed by atoms with Gasteiger partial charge in [-0.1, -0.05) is 6.42 Å². The molecule has 1 aromatic heterocycles. The number of aromatic nitrogens is 1. The summed E-state index contributed by atoms with van der Waals surface area (Å²) < 4.78 is 5.07. The highest BCUT2D eigenvalue weighted by Crippen LogP contribution is 2.13. The molecule has 0 radical (unpaired) electrons. The molecule has 1 aliphatic rings. The minimum absolute atomic E-state index is 0.132. The van der Waals surface area contributed by atoms with E-state index in [1.165, 1.54) is 20.0 Å². The molecule has 0 aromatic carbocycles. The second-order valence-electron chi connectivity index (χ2n) is 4.42. The van der Waals surface area contributed by atoms with Gasteiger partial charge >= 0.3 is 0 Å². The molecule has 98 valence electrons. The maximum Gasteiger partial charge on any atom is 0.256 e. The molecule has 1 fully saturated rings. The van der Waals surface area contributed by atoms with Gasteiger partial charge in [-0.05, 0) is 31.5 Å². The van der Waals surface area contributed by atoms with Gasteiger partial charge in [-0.15, -0.1) is 0 Å². The number of ether oxygens (including phenoxy) is 1. The Morgan fingerprint density at radius 3 is 3.22 bits per heavy atom. The number of hydrogen-bond donors (Lipinski definition) is 2. The lowest BCUT2D eigenvalue weighted by Crippen LogP contribution is -2.43. The summed E-state index contributed by atoms with van der Waals surface area (Å²) >= 11 is 0. The Bertz CT molecular complexity index is 403. The number of nitrogens with one attached hydrogen (secondary N) is 2. The Labute approximate surface area is 107 Å². The van der Waals surface area contributed by atoms with Crippen molar-refractivity contribution in [1.82, 2.24) is 15.6 Å². The Hall–Kier alpha value is -1.62. The lowest BCUT2D eigenvalue weighted by molar-refractivity contribution is 0.0944. The summed E-state index contributed by atoms with van der Waals surface area (Å²) in [5.74, 6) is 0.235. The van der Waals surface area contributed by atoms with Crippen LogP contribution in [0.2, 0.25) is 0 Å². The average Bonchev–Trinajstić information content (AvgIpc) is 2.45. The van der Waals surface area contributed by atoms with Gasteiger partial charge < -0.3 is 15.4 Å². The summed E-state index contributed by atoms with van der Waals surface area (Å²) in [5, 5.41) is 6.31. The number of nitrogens with zero attached hydrogens (tertiary/aromatic N) is 1. The fourth-order valence-corrected chi connectivity index (χ4v) is 2.14. The van der Waals surface area contributed by atoms with E-state index in [0.29, 0.717) is 24.0 Å². The SMILES string of the molecule is COc1ncccc1C(=O)NCC1CCCCN1. The normalized spacial score (nSPS) is 19.3. The van der Waals surface area contributed by atoms with E-state index >= 15 is 0 Å². The maximum atomic E-state index is 12.0. The van der Waals surface area contributed by atoms with E-state index < -0.39 is 0 Å². The van der Waals surface area contributed by atoms with E-state index in [2.05, 4.69) is 15.6 Å². The van der Waals surface area contributed by atoms with Gasteiger partial charge in [0.25, 0.3) is 5.91 Å². The van der Waals surface area contributed by atoms with Gasteiger partial charge in [0.05, 0.1) is 7.11 Å². The molecule has 0 aliphatic carbocycles. The van der Waals surface area contributed by atoms with Gasteiger partial charge in [0.15, 0.2) is 0 Å². The summed E-state index contributed by atoms with van der Waals surface area (Å²) in [5.41, 5.74) is 0.482. The van der Waals surface area contributed by atoms with Crippen LogP contribution in [-0.4, -0.2) is 37.1 Å². The highest BCUT2D eigenvalue weighted by molar-refractivity contribution is 5.96. The largest absolute Gasteiger partial charge is 0.480 e. The third kappa shape index (κ3) is 3.20. The summed E-state index contributed by atoms with van der Waals surface area (Å²) in [4.78, 5) is 16.0. The molecule has 1 unspecified atom stereocenters. The van der Waals surface area contributed by atoms with Crippen molar-refractivity contribution in [3.05, 3.63) is 23.9 Å². The number of rotatable bonds is 4. The number of pyridine rings is 1. The molecular formula is C13H19N3O2. The van der Waals surface area contributed by atoms with Crippen LogP contribution in [0, 0.1) is 0 Å². The van der Waals surface area contributed by atoms with E-state index in [-0.39, 0.29) is 5.91 Å².